The third-order valence-electron chi connectivity index (χ3n) is 2.73. The Kier molecular flexibility index (Phi) is 2.80. The van der Waals surface area contributed by atoms with E-state index in [1.54, 1.807) is 7.11 Å². The van der Waals surface area contributed by atoms with Gasteiger partial charge in [0.1, 0.15) is 5.76 Å². The van der Waals surface area contributed by atoms with Gasteiger partial charge < -0.3 is 14.8 Å². The van der Waals surface area contributed by atoms with Crippen LogP contribution in [0.25, 0.3) is 5.76 Å². The zero-order chi connectivity index (χ0) is 10.8. The first-order valence-electron chi connectivity index (χ1n) is 4.95. The van der Waals surface area contributed by atoms with E-state index in [0.717, 1.165) is 12.0 Å². The van der Waals surface area contributed by atoms with E-state index in [4.69, 9.17) is 4.74 Å². The van der Waals surface area contributed by atoms with Crippen molar-refractivity contribution in [3.05, 3.63) is 40.9 Å². The standard InChI is InChI=1S/C11H13BO3/c1-15-11-9-5-3-2-4-8(9)6-7-10(11)12(13)14/h2-5,13-14H,6-7H2,1H3. The number of hydrogen-bond acceptors (Lipinski definition) is 3. The van der Waals surface area contributed by atoms with Gasteiger partial charge in [0.15, 0.2) is 0 Å². The number of allylic oxidation sites excluding steroid dienone is 1. The molecule has 2 rings (SSSR count). The van der Waals surface area contributed by atoms with Gasteiger partial charge in [-0.05, 0) is 18.4 Å². The number of hydrogen-bond donors (Lipinski definition) is 2. The molecule has 0 aromatic heterocycles. The molecule has 1 aliphatic rings. The average Bonchev–Trinajstić information content (AvgIpc) is 2.27. The van der Waals surface area contributed by atoms with Crippen LogP contribution >= 0.6 is 0 Å². The molecule has 3 nitrogen and oxygen atoms in total. The lowest BCUT2D eigenvalue weighted by Gasteiger charge is -2.21. The van der Waals surface area contributed by atoms with Gasteiger partial charge in [0, 0.05) is 11.0 Å². The summed E-state index contributed by atoms with van der Waals surface area (Å²) < 4.78 is 5.25. The van der Waals surface area contributed by atoms with Crippen molar-refractivity contribution in [1.29, 1.82) is 0 Å². The molecule has 0 fully saturated rings. The maximum atomic E-state index is 9.22. The highest BCUT2D eigenvalue weighted by Gasteiger charge is 2.26. The first-order chi connectivity index (χ1) is 7.24. The summed E-state index contributed by atoms with van der Waals surface area (Å²) in [5.41, 5.74) is 2.73. The Morgan fingerprint density at radius 3 is 2.60 bits per heavy atom. The molecule has 0 heterocycles. The SMILES string of the molecule is COC1=C(B(O)O)CCc2ccccc21. The fourth-order valence-corrected chi connectivity index (χ4v) is 2.00. The van der Waals surface area contributed by atoms with Crippen molar-refractivity contribution in [2.75, 3.05) is 7.11 Å². The molecule has 0 amide bonds. The van der Waals surface area contributed by atoms with E-state index in [1.165, 1.54) is 5.56 Å². The number of aryl methyl sites for hydroxylation is 1. The van der Waals surface area contributed by atoms with Crippen LogP contribution in [0.5, 0.6) is 0 Å². The molecular weight excluding hydrogens is 191 g/mol. The van der Waals surface area contributed by atoms with Crippen molar-refractivity contribution in [1.82, 2.24) is 0 Å². The van der Waals surface area contributed by atoms with E-state index in [1.807, 2.05) is 24.3 Å². The molecule has 78 valence electrons. The molecule has 2 N–H and O–H groups in total. The van der Waals surface area contributed by atoms with Crippen molar-refractivity contribution in [3.8, 4) is 0 Å². The van der Waals surface area contributed by atoms with Gasteiger partial charge >= 0.3 is 7.12 Å². The number of benzene rings is 1. The van der Waals surface area contributed by atoms with Crippen LogP contribution in [0.3, 0.4) is 0 Å². The van der Waals surface area contributed by atoms with Gasteiger partial charge in [0.25, 0.3) is 0 Å². The van der Waals surface area contributed by atoms with Crippen LogP contribution in [0, 0.1) is 0 Å². The lowest BCUT2D eigenvalue weighted by molar-refractivity contribution is 0.358. The Morgan fingerprint density at radius 1 is 1.20 bits per heavy atom. The van der Waals surface area contributed by atoms with Crippen molar-refractivity contribution in [3.63, 3.8) is 0 Å². The topological polar surface area (TPSA) is 49.7 Å². The summed E-state index contributed by atoms with van der Waals surface area (Å²) in [4.78, 5) is 0. The fraction of sp³-hybridized carbons (Fsp3) is 0.273. The minimum absolute atomic E-state index is 0.566. The number of ether oxygens (including phenoxy) is 1. The first kappa shape index (κ1) is 10.3. The first-order valence-corrected chi connectivity index (χ1v) is 4.95. The minimum Gasteiger partial charge on any atom is -0.497 e. The van der Waals surface area contributed by atoms with Crippen LogP contribution in [-0.4, -0.2) is 24.3 Å². The molecule has 0 atom stereocenters. The van der Waals surface area contributed by atoms with Crippen LogP contribution in [0.2, 0.25) is 0 Å². The Morgan fingerprint density at radius 2 is 1.93 bits per heavy atom. The van der Waals surface area contributed by atoms with Crippen LogP contribution in [0.4, 0.5) is 0 Å². The van der Waals surface area contributed by atoms with Crippen LogP contribution in [0.15, 0.2) is 29.7 Å². The number of methoxy groups -OCH3 is 1. The zero-order valence-corrected chi connectivity index (χ0v) is 8.60. The van der Waals surface area contributed by atoms with Gasteiger partial charge in [0.05, 0.1) is 7.11 Å². The second-order valence-electron chi connectivity index (χ2n) is 3.59. The minimum atomic E-state index is -1.42. The Hall–Kier alpha value is -1.26. The second-order valence-corrected chi connectivity index (χ2v) is 3.59. The molecule has 0 aliphatic heterocycles. The van der Waals surface area contributed by atoms with Gasteiger partial charge in [-0.25, -0.2) is 0 Å². The molecule has 1 aliphatic carbocycles. The lowest BCUT2D eigenvalue weighted by atomic mass is 9.71. The normalized spacial score (nSPS) is 14.9. The van der Waals surface area contributed by atoms with Gasteiger partial charge in [0.2, 0.25) is 0 Å². The van der Waals surface area contributed by atoms with E-state index >= 15 is 0 Å². The predicted molar refractivity (Wildman–Crippen MR) is 58.9 cm³/mol. The molecule has 1 aromatic rings. The Bertz CT molecular complexity index is 399. The van der Waals surface area contributed by atoms with Crippen LogP contribution in [-0.2, 0) is 11.2 Å². The third-order valence-corrected chi connectivity index (χ3v) is 2.73. The summed E-state index contributed by atoms with van der Waals surface area (Å²) in [6.45, 7) is 0. The number of fused-ring (bicyclic) bond motifs is 1. The van der Waals surface area contributed by atoms with E-state index in [-0.39, 0.29) is 0 Å². The van der Waals surface area contributed by atoms with Gasteiger partial charge in [-0.3, -0.25) is 0 Å². The molecule has 0 spiro atoms. The fourth-order valence-electron chi connectivity index (χ4n) is 2.00. The largest absolute Gasteiger partial charge is 0.497 e. The zero-order valence-electron chi connectivity index (χ0n) is 8.60. The molecule has 0 unspecified atom stereocenters. The molecule has 0 saturated heterocycles. The monoisotopic (exact) mass is 204 g/mol. The van der Waals surface area contributed by atoms with Crippen molar-refractivity contribution >= 4 is 12.9 Å². The summed E-state index contributed by atoms with van der Waals surface area (Å²) in [6, 6.07) is 7.88. The van der Waals surface area contributed by atoms with E-state index in [9.17, 15) is 10.0 Å². The van der Waals surface area contributed by atoms with Gasteiger partial charge in [-0.1, -0.05) is 24.3 Å². The molecule has 0 saturated carbocycles. The molecule has 1 aromatic carbocycles. The van der Waals surface area contributed by atoms with Gasteiger partial charge in [-0.15, -0.1) is 0 Å². The lowest BCUT2D eigenvalue weighted by Crippen LogP contribution is -2.21. The van der Waals surface area contributed by atoms with Crippen molar-refractivity contribution in [2.24, 2.45) is 0 Å². The summed E-state index contributed by atoms with van der Waals surface area (Å²) in [6.07, 6.45) is 1.47. The summed E-state index contributed by atoms with van der Waals surface area (Å²) in [7, 11) is 0.133. The second kappa shape index (κ2) is 4.09. The third kappa shape index (κ3) is 1.78. The highest BCUT2D eigenvalue weighted by Crippen LogP contribution is 2.31. The van der Waals surface area contributed by atoms with Gasteiger partial charge in [-0.2, -0.15) is 0 Å². The quantitative estimate of drug-likeness (QED) is 0.706. The van der Waals surface area contributed by atoms with E-state index in [0.29, 0.717) is 17.7 Å². The molecule has 0 bridgehead atoms. The smallest absolute Gasteiger partial charge is 0.487 e. The molecular formula is C11H13BO3. The molecule has 15 heavy (non-hydrogen) atoms. The molecule has 4 heteroatoms. The highest BCUT2D eigenvalue weighted by molar-refractivity contribution is 6.52. The number of rotatable bonds is 2. The Balaban J connectivity index is 2.53. The summed E-state index contributed by atoms with van der Waals surface area (Å²) in [5, 5.41) is 18.4. The maximum Gasteiger partial charge on any atom is 0.487 e. The summed E-state index contributed by atoms with van der Waals surface area (Å²) >= 11 is 0. The van der Waals surface area contributed by atoms with Crippen LogP contribution < -0.4 is 0 Å². The Labute approximate surface area is 89.2 Å². The van der Waals surface area contributed by atoms with Crippen LogP contribution in [0.1, 0.15) is 17.5 Å². The maximum absolute atomic E-state index is 9.22. The van der Waals surface area contributed by atoms with E-state index in [2.05, 4.69) is 0 Å². The van der Waals surface area contributed by atoms with Crippen molar-refractivity contribution in [2.45, 2.75) is 12.8 Å². The highest BCUT2D eigenvalue weighted by atomic mass is 16.5. The predicted octanol–water partition coefficient (Wildman–Crippen LogP) is 1.00. The van der Waals surface area contributed by atoms with Crippen molar-refractivity contribution < 1.29 is 14.8 Å². The van der Waals surface area contributed by atoms with E-state index < -0.39 is 7.12 Å². The average molecular weight is 204 g/mol. The summed E-state index contributed by atoms with van der Waals surface area (Å²) in [5.74, 6) is 0.604. The molecule has 0 radical (unpaired) electrons.